The van der Waals surface area contributed by atoms with E-state index in [2.05, 4.69) is 5.32 Å². The molecule has 0 radical (unpaired) electrons. The van der Waals surface area contributed by atoms with Gasteiger partial charge >= 0.3 is 5.97 Å². The maximum absolute atomic E-state index is 12.3. The highest BCUT2D eigenvalue weighted by molar-refractivity contribution is 5.97. The van der Waals surface area contributed by atoms with Crippen molar-refractivity contribution in [3.63, 3.8) is 0 Å². The zero-order valence-electron chi connectivity index (χ0n) is 16.4. The molecule has 0 aromatic heterocycles. The number of esters is 1. The maximum Gasteiger partial charge on any atom is 0.338 e. The van der Waals surface area contributed by atoms with Crippen LogP contribution in [0.4, 0.5) is 5.69 Å². The van der Waals surface area contributed by atoms with Crippen molar-refractivity contribution in [1.82, 2.24) is 0 Å². The Hall–Kier alpha value is -4.11. The highest BCUT2D eigenvalue weighted by atomic mass is 16.5. The average molecular weight is 400 g/mol. The van der Waals surface area contributed by atoms with Gasteiger partial charge in [-0.15, -0.1) is 0 Å². The first-order valence-electron chi connectivity index (χ1n) is 9.34. The number of ether oxygens (including phenoxy) is 2. The molecule has 150 valence electrons. The summed E-state index contributed by atoms with van der Waals surface area (Å²) < 4.78 is 10.9. The summed E-state index contributed by atoms with van der Waals surface area (Å²) >= 11 is 0. The van der Waals surface area contributed by atoms with Gasteiger partial charge in [0, 0.05) is 5.69 Å². The van der Waals surface area contributed by atoms with Crippen molar-refractivity contribution in [3.8, 4) is 11.8 Å². The summed E-state index contributed by atoms with van der Waals surface area (Å²) in [7, 11) is 0. The second-order valence-electron chi connectivity index (χ2n) is 6.52. The molecule has 3 rings (SSSR count). The zero-order valence-corrected chi connectivity index (χ0v) is 16.4. The fourth-order valence-corrected chi connectivity index (χ4v) is 2.58. The number of hydrogen-bond acceptors (Lipinski definition) is 5. The van der Waals surface area contributed by atoms with Gasteiger partial charge in [-0.05, 0) is 61.0 Å². The second kappa shape index (κ2) is 9.89. The molecule has 0 saturated carbocycles. The number of nitriles is 1. The van der Waals surface area contributed by atoms with Crippen LogP contribution in [0.5, 0.6) is 5.75 Å². The van der Waals surface area contributed by atoms with E-state index in [1.807, 2.05) is 36.4 Å². The number of rotatable bonds is 7. The van der Waals surface area contributed by atoms with Gasteiger partial charge in [-0.25, -0.2) is 4.79 Å². The number of nitrogens with zero attached hydrogens (tertiary/aromatic N) is 1. The fraction of sp³-hybridized carbons (Fsp3) is 0.125. The highest BCUT2D eigenvalue weighted by Gasteiger charge is 2.19. The van der Waals surface area contributed by atoms with Crippen LogP contribution in [0.2, 0.25) is 0 Å². The molecule has 0 heterocycles. The molecule has 0 aliphatic heterocycles. The number of carbonyl (C=O) groups is 2. The Morgan fingerprint density at radius 2 is 1.63 bits per heavy atom. The van der Waals surface area contributed by atoms with Crippen LogP contribution in [0.25, 0.3) is 0 Å². The summed E-state index contributed by atoms with van der Waals surface area (Å²) in [6.07, 6.45) is -0.984. The Balaban J connectivity index is 1.50. The van der Waals surface area contributed by atoms with E-state index >= 15 is 0 Å². The summed E-state index contributed by atoms with van der Waals surface area (Å²) in [5.74, 6) is -0.404. The van der Waals surface area contributed by atoms with E-state index in [1.165, 1.54) is 31.2 Å². The highest BCUT2D eigenvalue weighted by Crippen LogP contribution is 2.18. The van der Waals surface area contributed by atoms with Gasteiger partial charge in [0.05, 0.1) is 17.2 Å². The Morgan fingerprint density at radius 1 is 0.967 bits per heavy atom. The molecule has 0 aliphatic carbocycles. The normalized spacial score (nSPS) is 11.1. The number of nitrogens with one attached hydrogen (secondary N) is 1. The largest absolute Gasteiger partial charge is 0.489 e. The molecular formula is C24H20N2O4. The van der Waals surface area contributed by atoms with Gasteiger partial charge in [-0.3, -0.25) is 4.79 Å². The predicted molar refractivity (Wildman–Crippen MR) is 112 cm³/mol. The minimum Gasteiger partial charge on any atom is -0.489 e. The summed E-state index contributed by atoms with van der Waals surface area (Å²) in [6.45, 7) is 1.95. The second-order valence-corrected chi connectivity index (χ2v) is 6.52. The minimum absolute atomic E-state index is 0.272. The van der Waals surface area contributed by atoms with E-state index in [1.54, 1.807) is 24.3 Å². The lowest BCUT2D eigenvalue weighted by atomic mass is 10.1. The lowest BCUT2D eigenvalue weighted by Gasteiger charge is -2.14. The number of amides is 1. The molecule has 0 bridgehead atoms. The molecule has 0 saturated heterocycles. The summed E-state index contributed by atoms with van der Waals surface area (Å²) in [6, 6.07) is 24.7. The van der Waals surface area contributed by atoms with Gasteiger partial charge in [0.1, 0.15) is 12.4 Å². The molecule has 0 spiro atoms. The maximum atomic E-state index is 12.3. The molecule has 3 aromatic carbocycles. The monoisotopic (exact) mass is 400 g/mol. The molecule has 0 aliphatic rings. The third kappa shape index (κ3) is 5.69. The Morgan fingerprint density at radius 3 is 2.27 bits per heavy atom. The molecule has 6 heteroatoms. The van der Waals surface area contributed by atoms with Gasteiger partial charge in [-0.1, -0.05) is 30.3 Å². The van der Waals surface area contributed by atoms with E-state index in [0.717, 1.165) is 5.56 Å². The van der Waals surface area contributed by atoms with E-state index in [0.29, 0.717) is 23.6 Å². The van der Waals surface area contributed by atoms with Gasteiger partial charge in [0.25, 0.3) is 5.91 Å². The Labute approximate surface area is 174 Å². The van der Waals surface area contributed by atoms with Crippen LogP contribution in [0.3, 0.4) is 0 Å². The smallest absolute Gasteiger partial charge is 0.338 e. The average Bonchev–Trinajstić information content (AvgIpc) is 2.79. The van der Waals surface area contributed by atoms with Crippen LogP contribution in [0.15, 0.2) is 78.9 Å². The molecular weight excluding hydrogens is 380 g/mol. The molecule has 1 amide bonds. The standard InChI is InChI=1S/C24H20N2O4/c1-17(30-24(28)20-9-7-18(15-25)8-10-20)23(27)26-21-11-13-22(14-12-21)29-16-19-5-3-2-4-6-19/h2-14,17H,16H2,1H3,(H,26,27)/t17-/m1/s1. The van der Waals surface area contributed by atoms with E-state index in [4.69, 9.17) is 14.7 Å². The molecule has 30 heavy (non-hydrogen) atoms. The SMILES string of the molecule is C[C@@H](OC(=O)c1ccc(C#N)cc1)C(=O)Nc1ccc(OCc2ccccc2)cc1. The number of anilines is 1. The summed E-state index contributed by atoms with van der Waals surface area (Å²) in [4.78, 5) is 24.5. The van der Waals surface area contributed by atoms with Crippen LogP contribution in [0.1, 0.15) is 28.4 Å². The van der Waals surface area contributed by atoms with Gasteiger partial charge in [0.2, 0.25) is 0 Å². The van der Waals surface area contributed by atoms with Crippen LogP contribution in [-0.4, -0.2) is 18.0 Å². The lowest BCUT2D eigenvalue weighted by molar-refractivity contribution is -0.123. The first kappa shape index (κ1) is 20.6. The van der Waals surface area contributed by atoms with Crippen molar-refractivity contribution in [3.05, 3.63) is 95.6 Å². The van der Waals surface area contributed by atoms with Gasteiger partial charge in [-0.2, -0.15) is 5.26 Å². The van der Waals surface area contributed by atoms with Crippen molar-refractivity contribution in [1.29, 1.82) is 5.26 Å². The van der Waals surface area contributed by atoms with E-state index in [9.17, 15) is 9.59 Å². The quantitative estimate of drug-likeness (QED) is 0.597. The molecule has 1 atom stereocenters. The first-order valence-corrected chi connectivity index (χ1v) is 9.34. The molecule has 3 aromatic rings. The third-order valence-corrected chi connectivity index (χ3v) is 4.27. The molecule has 0 fully saturated rings. The van der Waals surface area contributed by atoms with E-state index < -0.39 is 18.0 Å². The van der Waals surface area contributed by atoms with Crippen molar-refractivity contribution < 1.29 is 19.1 Å². The van der Waals surface area contributed by atoms with Crippen LogP contribution >= 0.6 is 0 Å². The third-order valence-electron chi connectivity index (χ3n) is 4.27. The van der Waals surface area contributed by atoms with Crippen molar-refractivity contribution >= 4 is 17.6 Å². The van der Waals surface area contributed by atoms with Crippen molar-refractivity contribution in [2.24, 2.45) is 0 Å². The summed E-state index contributed by atoms with van der Waals surface area (Å²) in [5, 5.41) is 11.5. The Kier molecular flexibility index (Phi) is 6.80. The number of benzene rings is 3. The molecule has 0 unspecified atom stereocenters. The van der Waals surface area contributed by atoms with Crippen molar-refractivity contribution in [2.45, 2.75) is 19.6 Å². The van der Waals surface area contributed by atoms with Crippen molar-refractivity contribution in [2.75, 3.05) is 5.32 Å². The van der Waals surface area contributed by atoms with Crippen LogP contribution < -0.4 is 10.1 Å². The number of hydrogen-bond donors (Lipinski definition) is 1. The van der Waals surface area contributed by atoms with Gasteiger partial charge in [0.15, 0.2) is 6.10 Å². The lowest BCUT2D eigenvalue weighted by Crippen LogP contribution is -2.30. The molecule has 1 N–H and O–H groups in total. The Bertz CT molecular complexity index is 1040. The van der Waals surface area contributed by atoms with Crippen LogP contribution in [0, 0.1) is 11.3 Å². The number of carbonyl (C=O) groups excluding carboxylic acids is 2. The fourth-order valence-electron chi connectivity index (χ4n) is 2.58. The van der Waals surface area contributed by atoms with E-state index in [-0.39, 0.29) is 5.56 Å². The zero-order chi connectivity index (χ0) is 21.3. The topological polar surface area (TPSA) is 88.4 Å². The summed E-state index contributed by atoms with van der Waals surface area (Å²) in [5.41, 5.74) is 2.34. The first-order chi connectivity index (χ1) is 14.5. The molecule has 6 nitrogen and oxygen atoms in total. The predicted octanol–water partition coefficient (Wildman–Crippen LogP) is 4.32. The van der Waals surface area contributed by atoms with Crippen LogP contribution in [-0.2, 0) is 16.1 Å². The van der Waals surface area contributed by atoms with Gasteiger partial charge < -0.3 is 14.8 Å². The minimum atomic E-state index is -0.984.